The molecule has 1 nitrogen and oxygen atoms in total. The lowest BCUT2D eigenvalue weighted by atomic mass is 9.94. The molecule has 0 bridgehead atoms. The Kier molecular flexibility index (Phi) is 4.19. The highest BCUT2D eigenvalue weighted by atomic mass is 127. The van der Waals surface area contributed by atoms with E-state index in [0.717, 1.165) is 0 Å². The standard InChI is InChI=1S/C11H15IO/c1-8(11(13)9(2)12)10-6-4-3-5-7-10/h3-9,11,13H,1-2H3/t8-,9+,11+/m0/s1. The Bertz CT molecular complexity index is 246. The van der Waals surface area contributed by atoms with Gasteiger partial charge in [0.15, 0.2) is 0 Å². The quantitative estimate of drug-likeness (QED) is 0.670. The molecule has 1 aromatic carbocycles. The number of alkyl halides is 1. The molecular formula is C11H15IO. The van der Waals surface area contributed by atoms with Crippen molar-refractivity contribution < 1.29 is 5.11 Å². The van der Waals surface area contributed by atoms with Crippen LogP contribution in [-0.2, 0) is 0 Å². The minimum absolute atomic E-state index is 0.216. The van der Waals surface area contributed by atoms with Gasteiger partial charge in [-0.3, -0.25) is 0 Å². The minimum Gasteiger partial charge on any atom is -0.391 e. The van der Waals surface area contributed by atoms with Gasteiger partial charge in [-0.25, -0.2) is 0 Å². The van der Waals surface area contributed by atoms with E-state index in [-0.39, 0.29) is 15.9 Å². The van der Waals surface area contributed by atoms with Gasteiger partial charge in [0.2, 0.25) is 0 Å². The average molecular weight is 290 g/mol. The van der Waals surface area contributed by atoms with E-state index in [0.29, 0.717) is 0 Å². The SMILES string of the molecule is C[C@@H](I)[C@H](O)[C@@H](C)c1ccccc1. The Labute approximate surface area is 93.3 Å². The van der Waals surface area contributed by atoms with Crippen LogP contribution in [0.1, 0.15) is 25.3 Å². The lowest BCUT2D eigenvalue weighted by Crippen LogP contribution is -2.23. The minimum atomic E-state index is -0.261. The largest absolute Gasteiger partial charge is 0.391 e. The molecule has 2 heteroatoms. The molecular weight excluding hydrogens is 275 g/mol. The smallest absolute Gasteiger partial charge is 0.0720 e. The van der Waals surface area contributed by atoms with Crippen molar-refractivity contribution in [1.82, 2.24) is 0 Å². The van der Waals surface area contributed by atoms with Crippen LogP contribution in [0, 0.1) is 0 Å². The lowest BCUT2D eigenvalue weighted by Gasteiger charge is -2.21. The molecule has 1 N–H and O–H groups in total. The van der Waals surface area contributed by atoms with Crippen molar-refractivity contribution in [2.24, 2.45) is 0 Å². The van der Waals surface area contributed by atoms with Crippen LogP contribution in [0.2, 0.25) is 0 Å². The Balaban J connectivity index is 2.73. The predicted octanol–water partition coefficient (Wildman–Crippen LogP) is 2.97. The van der Waals surface area contributed by atoms with Crippen LogP contribution in [0.4, 0.5) is 0 Å². The van der Waals surface area contributed by atoms with Crippen molar-refractivity contribution >= 4 is 22.6 Å². The van der Waals surface area contributed by atoms with Gasteiger partial charge in [0.1, 0.15) is 0 Å². The molecule has 0 saturated heterocycles. The molecule has 0 aliphatic rings. The van der Waals surface area contributed by atoms with E-state index in [4.69, 9.17) is 0 Å². The van der Waals surface area contributed by atoms with Crippen molar-refractivity contribution in [1.29, 1.82) is 0 Å². The summed E-state index contributed by atoms with van der Waals surface area (Å²) >= 11 is 2.26. The lowest BCUT2D eigenvalue weighted by molar-refractivity contribution is 0.155. The van der Waals surface area contributed by atoms with Gasteiger partial charge in [-0.05, 0) is 5.56 Å². The number of rotatable bonds is 3. The number of aliphatic hydroxyl groups excluding tert-OH is 1. The van der Waals surface area contributed by atoms with Crippen molar-refractivity contribution in [3.8, 4) is 0 Å². The molecule has 1 aromatic rings. The molecule has 0 aromatic heterocycles. The van der Waals surface area contributed by atoms with Gasteiger partial charge in [-0.1, -0.05) is 66.8 Å². The summed E-state index contributed by atoms with van der Waals surface area (Å²) in [5.74, 6) is 0.216. The summed E-state index contributed by atoms with van der Waals surface area (Å²) in [4.78, 5) is 0. The first-order chi connectivity index (χ1) is 6.13. The first-order valence-corrected chi connectivity index (χ1v) is 5.74. The topological polar surface area (TPSA) is 20.2 Å². The number of aliphatic hydroxyl groups is 1. The normalized spacial score (nSPS) is 17.8. The van der Waals surface area contributed by atoms with E-state index < -0.39 is 0 Å². The van der Waals surface area contributed by atoms with E-state index in [1.165, 1.54) is 5.56 Å². The summed E-state index contributed by atoms with van der Waals surface area (Å²) in [6.45, 7) is 4.10. The second-order valence-corrected chi connectivity index (χ2v) is 5.33. The fourth-order valence-corrected chi connectivity index (χ4v) is 1.97. The molecule has 0 fully saturated rings. The highest BCUT2D eigenvalue weighted by Crippen LogP contribution is 2.23. The molecule has 0 heterocycles. The van der Waals surface area contributed by atoms with Crippen LogP contribution in [0.25, 0.3) is 0 Å². The van der Waals surface area contributed by atoms with E-state index in [1.807, 2.05) is 25.1 Å². The molecule has 0 aliphatic carbocycles. The van der Waals surface area contributed by atoms with Crippen molar-refractivity contribution in [2.45, 2.75) is 29.8 Å². The maximum absolute atomic E-state index is 9.84. The first-order valence-electron chi connectivity index (χ1n) is 4.50. The summed E-state index contributed by atoms with van der Waals surface area (Å²) in [6.07, 6.45) is -0.261. The summed E-state index contributed by atoms with van der Waals surface area (Å²) < 4.78 is 0.285. The fourth-order valence-electron chi connectivity index (χ4n) is 1.35. The van der Waals surface area contributed by atoms with Crippen molar-refractivity contribution in [2.75, 3.05) is 0 Å². The third kappa shape index (κ3) is 2.95. The van der Waals surface area contributed by atoms with E-state index >= 15 is 0 Å². The summed E-state index contributed by atoms with van der Waals surface area (Å²) in [5.41, 5.74) is 1.21. The van der Waals surface area contributed by atoms with Crippen LogP contribution in [0.5, 0.6) is 0 Å². The van der Waals surface area contributed by atoms with Gasteiger partial charge in [-0.15, -0.1) is 0 Å². The monoisotopic (exact) mass is 290 g/mol. The van der Waals surface area contributed by atoms with Gasteiger partial charge < -0.3 is 5.11 Å². The molecule has 0 spiro atoms. The molecule has 1 rings (SSSR count). The Morgan fingerprint density at radius 2 is 1.69 bits per heavy atom. The van der Waals surface area contributed by atoms with Gasteiger partial charge >= 0.3 is 0 Å². The van der Waals surface area contributed by atoms with Gasteiger partial charge in [0.25, 0.3) is 0 Å². The molecule has 0 unspecified atom stereocenters. The summed E-state index contributed by atoms with van der Waals surface area (Å²) in [7, 11) is 0. The van der Waals surface area contributed by atoms with Crippen LogP contribution >= 0.6 is 22.6 Å². The van der Waals surface area contributed by atoms with Crippen molar-refractivity contribution in [3.05, 3.63) is 35.9 Å². The molecule has 0 aliphatic heterocycles. The van der Waals surface area contributed by atoms with Gasteiger partial charge in [0, 0.05) is 9.84 Å². The van der Waals surface area contributed by atoms with Crippen LogP contribution in [-0.4, -0.2) is 15.1 Å². The second-order valence-electron chi connectivity index (χ2n) is 3.37. The second kappa shape index (κ2) is 4.96. The first kappa shape index (κ1) is 11.0. The number of hydrogen-bond acceptors (Lipinski definition) is 1. The summed E-state index contributed by atoms with van der Waals surface area (Å²) in [5, 5.41) is 9.84. The number of benzene rings is 1. The zero-order valence-corrected chi connectivity index (χ0v) is 10.1. The highest BCUT2D eigenvalue weighted by Gasteiger charge is 2.19. The van der Waals surface area contributed by atoms with E-state index in [2.05, 4.69) is 41.6 Å². The molecule has 0 saturated carbocycles. The maximum Gasteiger partial charge on any atom is 0.0720 e. The van der Waals surface area contributed by atoms with E-state index in [9.17, 15) is 5.11 Å². The number of hydrogen-bond donors (Lipinski definition) is 1. The number of halogens is 1. The Hall–Kier alpha value is -0.0900. The predicted molar refractivity (Wildman–Crippen MR) is 64.3 cm³/mol. The maximum atomic E-state index is 9.84. The third-order valence-electron chi connectivity index (χ3n) is 2.31. The highest BCUT2D eigenvalue weighted by molar-refractivity contribution is 14.1. The molecule has 13 heavy (non-hydrogen) atoms. The molecule has 0 amide bonds. The molecule has 72 valence electrons. The van der Waals surface area contributed by atoms with Crippen LogP contribution < -0.4 is 0 Å². The zero-order valence-electron chi connectivity index (χ0n) is 7.94. The van der Waals surface area contributed by atoms with Crippen LogP contribution in [0.3, 0.4) is 0 Å². The summed E-state index contributed by atoms with van der Waals surface area (Å²) in [6, 6.07) is 10.1. The van der Waals surface area contributed by atoms with Gasteiger partial charge in [-0.2, -0.15) is 0 Å². The molecule has 0 radical (unpaired) electrons. The average Bonchev–Trinajstić information content (AvgIpc) is 2.17. The van der Waals surface area contributed by atoms with Crippen LogP contribution in [0.15, 0.2) is 30.3 Å². The third-order valence-corrected chi connectivity index (χ3v) is 3.05. The Morgan fingerprint density at radius 1 is 1.15 bits per heavy atom. The zero-order chi connectivity index (χ0) is 9.84. The molecule has 3 atom stereocenters. The van der Waals surface area contributed by atoms with Gasteiger partial charge in [0.05, 0.1) is 6.10 Å². The van der Waals surface area contributed by atoms with Crippen molar-refractivity contribution in [3.63, 3.8) is 0 Å². The van der Waals surface area contributed by atoms with E-state index in [1.54, 1.807) is 0 Å². The Morgan fingerprint density at radius 3 is 2.15 bits per heavy atom. The fraction of sp³-hybridized carbons (Fsp3) is 0.455.